The lowest BCUT2D eigenvalue weighted by Crippen LogP contribution is -2.13. The van der Waals surface area contributed by atoms with Gasteiger partial charge in [0, 0.05) is 10.9 Å². The number of halogens is 1. The maximum atomic E-state index is 6.00. The zero-order valence-electron chi connectivity index (χ0n) is 12.4. The second-order valence-electron chi connectivity index (χ2n) is 5.34. The Balaban J connectivity index is 2.35. The van der Waals surface area contributed by atoms with Crippen LogP contribution in [0.1, 0.15) is 34.6 Å². The third kappa shape index (κ3) is 3.62. The Labute approximate surface area is 127 Å². The molecule has 20 heavy (non-hydrogen) atoms. The van der Waals surface area contributed by atoms with E-state index < -0.39 is 0 Å². The van der Waals surface area contributed by atoms with E-state index in [0.29, 0.717) is 5.92 Å². The molecule has 1 unspecified atom stereocenters. The molecule has 0 aliphatic heterocycles. The molecule has 0 aliphatic carbocycles. The van der Waals surface area contributed by atoms with Crippen molar-refractivity contribution in [1.82, 2.24) is 5.32 Å². The van der Waals surface area contributed by atoms with Crippen LogP contribution in [-0.2, 0) is 0 Å². The molecule has 0 aliphatic rings. The van der Waals surface area contributed by atoms with E-state index in [0.717, 1.165) is 18.0 Å². The Kier molecular flexibility index (Phi) is 5.22. The Bertz CT molecular complexity index is 560. The first-order valence-corrected chi connectivity index (χ1v) is 7.47. The fourth-order valence-corrected chi connectivity index (χ4v) is 2.62. The largest absolute Gasteiger partial charge is 0.320 e. The van der Waals surface area contributed by atoms with E-state index in [1.165, 1.54) is 22.3 Å². The van der Waals surface area contributed by atoms with Crippen LogP contribution >= 0.6 is 11.6 Å². The van der Waals surface area contributed by atoms with Gasteiger partial charge in [-0.05, 0) is 68.2 Å². The standard InChI is InChI=1S/C18H22ClN/c1-13-4-5-16(12-14(13)2)18(10-11-20-3)15-6-8-17(19)9-7-15/h4-9,12,18,20H,10-11H2,1-3H3. The van der Waals surface area contributed by atoms with Gasteiger partial charge in [0.25, 0.3) is 0 Å². The van der Waals surface area contributed by atoms with Gasteiger partial charge in [-0.3, -0.25) is 0 Å². The van der Waals surface area contributed by atoms with Crippen LogP contribution in [0.25, 0.3) is 0 Å². The summed E-state index contributed by atoms with van der Waals surface area (Å²) >= 11 is 6.00. The summed E-state index contributed by atoms with van der Waals surface area (Å²) < 4.78 is 0. The van der Waals surface area contributed by atoms with Crippen LogP contribution in [0.5, 0.6) is 0 Å². The predicted octanol–water partition coefficient (Wildman–Crippen LogP) is 4.70. The zero-order valence-corrected chi connectivity index (χ0v) is 13.2. The van der Waals surface area contributed by atoms with Crippen LogP contribution < -0.4 is 5.32 Å². The number of rotatable bonds is 5. The van der Waals surface area contributed by atoms with Crippen LogP contribution in [-0.4, -0.2) is 13.6 Å². The average Bonchev–Trinajstić information content (AvgIpc) is 2.45. The van der Waals surface area contributed by atoms with Gasteiger partial charge >= 0.3 is 0 Å². The highest BCUT2D eigenvalue weighted by molar-refractivity contribution is 6.30. The second-order valence-corrected chi connectivity index (χ2v) is 5.78. The Morgan fingerprint density at radius 2 is 1.60 bits per heavy atom. The summed E-state index contributed by atoms with van der Waals surface area (Å²) in [5, 5.41) is 4.04. The minimum Gasteiger partial charge on any atom is -0.320 e. The molecule has 1 N–H and O–H groups in total. The summed E-state index contributed by atoms with van der Waals surface area (Å²) in [5.41, 5.74) is 5.40. The minimum atomic E-state index is 0.416. The van der Waals surface area contributed by atoms with Crippen molar-refractivity contribution in [2.45, 2.75) is 26.2 Å². The molecule has 1 nitrogen and oxygen atoms in total. The smallest absolute Gasteiger partial charge is 0.0406 e. The summed E-state index contributed by atoms with van der Waals surface area (Å²) in [5.74, 6) is 0.416. The Hall–Kier alpha value is -1.31. The molecule has 0 amide bonds. The first-order chi connectivity index (χ1) is 9.61. The maximum Gasteiger partial charge on any atom is 0.0406 e. The molecule has 0 spiro atoms. The fraction of sp³-hybridized carbons (Fsp3) is 0.333. The van der Waals surface area contributed by atoms with E-state index in [1.54, 1.807) is 0 Å². The molecule has 0 heterocycles. The summed E-state index contributed by atoms with van der Waals surface area (Å²) in [4.78, 5) is 0. The highest BCUT2D eigenvalue weighted by Crippen LogP contribution is 2.29. The van der Waals surface area contributed by atoms with Gasteiger partial charge in [-0.1, -0.05) is 41.9 Å². The van der Waals surface area contributed by atoms with Crippen molar-refractivity contribution in [3.05, 3.63) is 69.7 Å². The molecule has 0 bridgehead atoms. The number of aryl methyl sites for hydroxylation is 2. The van der Waals surface area contributed by atoms with Gasteiger partial charge in [-0.25, -0.2) is 0 Å². The van der Waals surface area contributed by atoms with Crippen LogP contribution in [0.15, 0.2) is 42.5 Å². The summed E-state index contributed by atoms with van der Waals surface area (Å²) in [6.45, 7) is 5.33. The van der Waals surface area contributed by atoms with E-state index in [2.05, 4.69) is 49.5 Å². The van der Waals surface area contributed by atoms with Crippen molar-refractivity contribution in [1.29, 1.82) is 0 Å². The lowest BCUT2D eigenvalue weighted by molar-refractivity contribution is 0.661. The Morgan fingerprint density at radius 3 is 2.20 bits per heavy atom. The van der Waals surface area contributed by atoms with Crippen LogP contribution in [0.2, 0.25) is 5.02 Å². The number of hydrogen-bond acceptors (Lipinski definition) is 1. The van der Waals surface area contributed by atoms with Crippen molar-refractivity contribution in [3.8, 4) is 0 Å². The molecule has 0 saturated carbocycles. The van der Waals surface area contributed by atoms with E-state index in [9.17, 15) is 0 Å². The van der Waals surface area contributed by atoms with E-state index in [-0.39, 0.29) is 0 Å². The van der Waals surface area contributed by atoms with Crippen LogP contribution in [0, 0.1) is 13.8 Å². The lowest BCUT2D eigenvalue weighted by atomic mass is 9.87. The maximum absolute atomic E-state index is 6.00. The average molecular weight is 288 g/mol. The third-order valence-corrected chi connectivity index (χ3v) is 4.14. The molecule has 2 aromatic rings. The first-order valence-electron chi connectivity index (χ1n) is 7.09. The molecule has 1 atom stereocenters. The quantitative estimate of drug-likeness (QED) is 0.840. The molecule has 0 aromatic heterocycles. The van der Waals surface area contributed by atoms with Crippen molar-refractivity contribution in [2.75, 3.05) is 13.6 Å². The highest BCUT2D eigenvalue weighted by Gasteiger charge is 2.14. The molecular formula is C18H22ClN. The predicted molar refractivity (Wildman–Crippen MR) is 87.8 cm³/mol. The van der Waals surface area contributed by atoms with E-state index in [1.807, 2.05) is 19.2 Å². The van der Waals surface area contributed by atoms with Gasteiger partial charge in [0.05, 0.1) is 0 Å². The third-order valence-electron chi connectivity index (χ3n) is 3.89. The number of nitrogens with one attached hydrogen (secondary N) is 1. The zero-order chi connectivity index (χ0) is 14.5. The van der Waals surface area contributed by atoms with Gasteiger partial charge in [0.15, 0.2) is 0 Å². The SMILES string of the molecule is CNCCC(c1ccc(Cl)cc1)c1ccc(C)c(C)c1. The normalized spacial score (nSPS) is 12.4. The van der Waals surface area contributed by atoms with Gasteiger partial charge in [0.1, 0.15) is 0 Å². The molecule has 0 fully saturated rings. The van der Waals surface area contributed by atoms with Crippen molar-refractivity contribution < 1.29 is 0 Å². The highest BCUT2D eigenvalue weighted by atomic mass is 35.5. The van der Waals surface area contributed by atoms with Crippen molar-refractivity contribution in [2.24, 2.45) is 0 Å². The van der Waals surface area contributed by atoms with Crippen molar-refractivity contribution in [3.63, 3.8) is 0 Å². The molecule has 2 aromatic carbocycles. The molecule has 0 radical (unpaired) electrons. The Morgan fingerprint density at radius 1 is 0.950 bits per heavy atom. The van der Waals surface area contributed by atoms with Gasteiger partial charge in [0.2, 0.25) is 0 Å². The molecule has 0 saturated heterocycles. The monoisotopic (exact) mass is 287 g/mol. The van der Waals surface area contributed by atoms with Crippen LogP contribution in [0.4, 0.5) is 0 Å². The van der Waals surface area contributed by atoms with Gasteiger partial charge in [-0.2, -0.15) is 0 Å². The van der Waals surface area contributed by atoms with Gasteiger partial charge in [-0.15, -0.1) is 0 Å². The van der Waals surface area contributed by atoms with Crippen LogP contribution in [0.3, 0.4) is 0 Å². The number of benzene rings is 2. The topological polar surface area (TPSA) is 12.0 Å². The summed E-state index contributed by atoms with van der Waals surface area (Å²) in [6, 6.07) is 15.0. The summed E-state index contributed by atoms with van der Waals surface area (Å²) in [7, 11) is 2.00. The van der Waals surface area contributed by atoms with E-state index >= 15 is 0 Å². The molecule has 2 heteroatoms. The summed E-state index contributed by atoms with van der Waals surface area (Å²) in [6.07, 6.45) is 1.08. The fourth-order valence-electron chi connectivity index (χ4n) is 2.49. The minimum absolute atomic E-state index is 0.416. The lowest BCUT2D eigenvalue weighted by Gasteiger charge is -2.19. The van der Waals surface area contributed by atoms with Crippen molar-refractivity contribution >= 4 is 11.6 Å². The second kappa shape index (κ2) is 6.92. The number of hydrogen-bond donors (Lipinski definition) is 1. The molecule has 106 valence electrons. The molecule has 2 rings (SSSR count). The van der Waals surface area contributed by atoms with E-state index in [4.69, 9.17) is 11.6 Å². The molecular weight excluding hydrogens is 266 g/mol. The first kappa shape index (κ1) is 15.1. The van der Waals surface area contributed by atoms with Gasteiger partial charge < -0.3 is 5.32 Å².